The van der Waals surface area contributed by atoms with Gasteiger partial charge in [-0.2, -0.15) is 0 Å². The Hall–Kier alpha value is -1.19. The number of ether oxygens (including phenoxy) is 2. The summed E-state index contributed by atoms with van der Waals surface area (Å²) >= 11 is 6.27. The van der Waals surface area contributed by atoms with Gasteiger partial charge < -0.3 is 14.8 Å². The zero-order chi connectivity index (χ0) is 15.1. The third-order valence-corrected chi connectivity index (χ3v) is 3.33. The maximum atomic E-state index is 6.27. The van der Waals surface area contributed by atoms with E-state index in [1.54, 1.807) is 14.2 Å². The van der Waals surface area contributed by atoms with E-state index in [0.717, 1.165) is 30.5 Å². The van der Waals surface area contributed by atoms with Crippen LogP contribution in [0.25, 0.3) is 0 Å². The van der Waals surface area contributed by atoms with Gasteiger partial charge in [0.2, 0.25) is 0 Å². The Morgan fingerprint density at radius 3 is 2.55 bits per heavy atom. The highest BCUT2D eigenvalue weighted by atomic mass is 35.5. The van der Waals surface area contributed by atoms with Crippen LogP contribution >= 0.6 is 11.6 Å². The van der Waals surface area contributed by atoms with Gasteiger partial charge in [0, 0.05) is 6.04 Å². The molecule has 0 aromatic heterocycles. The summed E-state index contributed by atoms with van der Waals surface area (Å²) in [5.74, 6) is 1.22. The zero-order valence-corrected chi connectivity index (χ0v) is 13.5. The Labute approximate surface area is 126 Å². The van der Waals surface area contributed by atoms with E-state index in [4.69, 9.17) is 21.1 Å². The largest absolute Gasteiger partial charge is 0.493 e. The molecule has 0 spiro atoms. The van der Waals surface area contributed by atoms with Crippen molar-refractivity contribution >= 4 is 11.6 Å². The van der Waals surface area contributed by atoms with E-state index < -0.39 is 0 Å². The summed E-state index contributed by atoms with van der Waals surface area (Å²) in [6.45, 7) is 9.12. The number of halogens is 1. The average molecular weight is 298 g/mol. The molecule has 20 heavy (non-hydrogen) atoms. The monoisotopic (exact) mass is 297 g/mol. The first-order valence-corrected chi connectivity index (χ1v) is 7.20. The van der Waals surface area contributed by atoms with Gasteiger partial charge in [0.25, 0.3) is 0 Å². The van der Waals surface area contributed by atoms with Crippen molar-refractivity contribution in [3.8, 4) is 11.5 Å². The van der Waals surface area contributed by atoms with Crippen LogP contribution < -0.4 is 14.8 Å². The van der Waals surface area contributed by atoms with Crippen molar-refractivity contribution in [1.29, 1.82) is 0 Å². The standard InChI is InChI=1S/C16H24ClNO2/c1-6-7-18-14(8-11(2)3)12-9-13(17)16(20-5)15(10-12)19-4/h9-10,14,18H,2,6-8H2,1,3-5H3. The molecule has 0 aliphatic carbocycles. The highest BCUT2D eigenvalue weighted by Gasteiger charge is 2.17. The van der Waals surface area contributed by atoms with Crippen molar-refractivity contribution in [2.45, 2.75) is 32.7 Å². The first-order valence-electron chi connectivity index (χ1n) is 6.82. The van der Waals surface area contributed by atoms with Crippen LogP contribution in [0.2, 0.25) is 5.02 Å². The fourth-order valence-corrected chi connectivity index (χ4v) is 2.41. The summed E-state index contributed by atoms with van der Waals surface area (Å²) in [7, 11) is 3.20. The lowest BCUT2D eigenvalue weighted by Gasteiger charge is -2.21. The minimum atomic E-state index is 0.185. The van der Waals surface area contributed by atoms with E-state index in [1.807, 2.05) is 19.1 Å². The lowest BCUT2D eigenvalue weighted by molar-refractivity contribution is 0.354. The van der Waals surface area contributed by atoms with Gasteiger partial charge in [-0.25, -0.2) is 0 Å². The molecule has 1 aromatic carbocycles. The lowest BCUT2D eigenvalue weighted by Crippen LogP contribution is -2.22. The van der Waals surface area contributed by atoms with Gasteiger partial charge in [-0.15, -0.1) is 6.58 Å². The SMILES string of the molecule is C=C(C)CC(NCCC)c1cc(Cl)c(OC)c(OC)c1. The summed E-state index contributed by atoms with van der Waals surface area (Å²) < 4.78 is 10.6. The number of hydrogen-bond acceptors (Lipinski definition) is 3. The minimum Gasteiger partial charge on any atom is -0.493 e. The van der Waals surface area contributed by atoms with Crippen LogP contribution in [0.3, 0.4) is 0 Å². The van der Waals surface area contributed by atoms with Crippen molar-refractivity contribution < 1.29 is 9.47 Å². The highest BCUT2D eigenvalue weighted by Crippen LogP contribution is 2.38. The first kappa shape index (κ1) is 16.9. The van der Waals surface area contributed by atoms with Gasteiger partial charge in [0.15, 0.2) is 11.5 Å². The van der Waals surface area contributed by atoms with Gasteiger partial charge >= 0.3 is 0 Å². The van der Waals surface area contributed by atoms with Crippen molar-refractivity contribution in [2.75, 3.05) is 20.8 Å². The quantitative estimate of drug-likeness (QED) is 0.723. The molecule has 0 saturated heterocycles. The molecule has 1 aromatic rings. The third kappa shape index (κ3) is 4.43. The average Bonchev–Trinajstić information content (AvgIpc) is 2.41. The van der Waals surface area contributed by atoms with Crippen LogP contribution in [0.1, 0.15) is 38.3 Å². The lowest BCUT2D eigenvalue weighted by atomic mass is 9.99. The summed E-state index contributed by atoms with van der Waals surface area (Å²) in [6.07, 6.45) is 1.94. The molecule has 1 rings (SSSR count). The first-order chi connectivity index (χ1) is 9.53. The Balaban J connectivity index is 3.12. The Morgan fingerprint density at radius 2 is 2.05 bits per heavy atom. The molecule has 1 unspecified atom stereocenters. The molecule has 0 fully saturated rings. The van der Waals surface area contributed by atoms with Crippen LogP contribution in [0, 0.1) is 0 Å². The van der Waals surface area contributed by atoms with Gasteiger partial charge in [0.05, 0.1) is 19.2 Å². The number of nitrogens with one attached hydrogen (secondary N) is 1. The van der Waals surface area contributed by atoms with Crippen molar-refractivity contribution in [3.05, 3.63) is 34.9 Å². The van der Waals surface area contributed by atoms with E-state index in [-0.39, 0.29) is 6.04 Å². The fourth-order valence-electron chi connectivity index (χ4n) is 2.11. The minimum absolute atomic E-state index is 0.185. The smallest absolute Gasteiger partial charge is 0.179 e. The van der Waals surface area contributed by atoms with Crippen LogP contribution in [0.5, 0.6) is 11.5 Å². The second-order valence-electron chi connectivity index (χ2n) is 4.91. The molecule has 112 valence electrons. The number of rotatable bonds is 8. The molecule has 1 atom stereocenters. The molecule has 3 nitrogen and oxygen atoms in total. The Bertz CT molecular complexity index is 460. The summed E-state index contributed by atoms with van der Waals surface area (Å²) in [6, 6.07) is 4.09. The van der Waals surface area contributed by atoms with E-state index in [2.05, 4.69) is 18.8 Å². The van der Waals surface area contributed by atoms with Crippen molar-refractivity contribution in [1.82, 2.24) is 5.32 Å². The molecule has 0 saturated carbocycles. The summed E-state index contributed by atoms with van der Waals surface area (Å²) in [5.41, 5.74) is 2.22. The molecule has 1 N–H and O–H groups in total. The number of methoxy groups -OCH3 is 2. The molecule has 4 heteroatoms. The van der Waals surface area contributed by atoms with Crippen LogP contribution in [-0.2, 0) is 0 Å². The Kier molecular flexibility index (Phi) is 6.89. The molecule has 0 heterocycles. The Morgan fingerprint density at radius 1 is 1.35 bits per heavy atom. The van der Waals surface area contributed by atoms with Crippen molar-refractivity contribution in [2.24, 2.45) is 0 Å². The normalized spacial score (nSPS) is 12.1. The van der Waals surface area contributed by atoms with E-state index >= 15 is 0 Å². The second-order valence-corrected chi connectivity index (χ2v) is 5.31. The van der Waals surface area contributed by atoms with Crippen LogP contribution in [-0.4, -0.2) is 20.8 Å². The van der Waals surface area contributed by atoms with E-state index in [0.29, 0.717) is 16.5 Å². The fraction of sp³-hybridized carbons (Fsp3) is 0.500. The number of hydrogen-bond donors (Lipinski definition) is 1. The predicted molar refractivity (Wildman–Crippen MR) is 85.0 cm³/mol. The maximum absolute atomic E-state index is 6.27. The topological polar surface area (TPSA) is 30.5 Å². The highest BCUT2D eigenvalue weighted by molar-refractivity contribution is 6.32. The predicted octanol–water partition coefficient (Wildman–Crippen LogP) is 4.36. The van der Waals surface area contributed by atoms with E-state index in [9.17, 15) is 0 Å². The molecule has 0 amide bonds. The molecular formula is C16H24ClNO2. The molecular weight excluding hydrogens is 274 g/mol. The zero-order valence-electron chi connectivity index (χ0n) is 12.8. The van der Waals surface area contributed by atoms with Gasteiger partial charge in [0.1, 0.15) is 0 Å². The molecule has 0 radical (unpaired) electrons. The van der Waals surface area contributed by atoms with Crippen molar-refractivity contribution in [3.63, 3.8) is 0 Å². The van der Waals surface area contributed by atoms with E-state index in [1.165, 1.54) is 0 Å². The molecule has 0 aliphatic rings. The third-order valence-electron chi connectivity index (χ3n) is 3.05. The van der Waals surface area contributed by atoms with Crippen LogP contribution in [0.15, 0.2) is 24.3 Å². The second kappa shape index (κ2) is 8.18. The van der Waals surface area contributed by atoms with Crippen LogP contribution in [0.4, 0.5) is 0 Å². The summed E-state index contributed by atoms with van der Waals surface area (Å²) in [4.78, 5) is 0. The van der Waals surface area contributed by atoms with Gasteiger partial charge in [-0.05, 0) is 44.0 Å². The summed E-state index contributed by atoms with van der Waals surface area (Å²) in [5, 5.41) is 4.08. The van der Waals surface area contributed by atoms with Gasteiger partial charge in [-0.3, -0.25) is 0 Å². The maximum Gasteiger partial charge on any atom is 0.179 e. The van der Waals surface area contributed by atoms with Gasteiger partial charge in [-0.1, -0.05) is 24.1 Å². The molecule has 0 bridgehead atoms. The number of benzene rings is 1. The molecule has 0 aliphatic heterocycles.